The molecule has 0 fully saturated rings. The van der Waals surface area contributed by atoms with Gasteiger partial charge in [-0.15, -0.1) is 0 Å². The Morgan fingerprint density at radius 2 is 2.31 bits per heavy atom. The van der Waals surface area contributed by atoms with Gasteiger partial charge in [0.2, 0.25) is 0 Å². The number of benzene rings is 1. The van der Waals surface area contributed by atoms with Gasteiger partial charge < -0.3 is 10.5 Å². The third-order valence-electron chi connectivity index (χ3n) is 2.54. The molecule has 1 unspecified atom stereocenters. The molecule has 0 spiro atoms. The van der Waals surface area contributed by atoms with E-state index in [0.717, 1.165) is 18.6 Å². The minimum atomic E-state index is 0.207. The minimum absolute atomic E-state index is 0.207. The summed E-state index contributed by atoms with van der Waals surface area (Å²) in [4.78, 5) is 0. The third-order valence-corrected chi connectivity index (χ3v) is 3.51. The highest BCUT2D eigenvalue weighted by molar-refractivity contribution is 14.1. The quantitative estimate of drug-likeness (QED) is 0.805. The highest BCUT2D eigenvalue weighted by atomic mass is 127. The van der Waals surface area contributed by atoms with Crippen molar-refractivity contribution in [2.24, 2.45) is 5.73 Å². The predicted octanol–water partition coefficient (Wildman–Crippen LogP) is 2.25. The van der Waals surface area contributed by atoms with E-state index in [4.69, 9.17) is 10.5 Å². The normalized spacial score (nSPS) is 20.1. The first kappa shape index (κ1) is 9.27. The van der Waals surface area contributed by atoms with Gasteiger partial charge in [0.1, 0.15) is 5.75 Å². The van der Waals surface area contributed by atoms with Gasteiger partial charge in [-0.25, -0.2) is 0 Å². The number of hydrogen-bond donors (Lipinski definition) is 1. The van der Waals surface area contributed by atoms with Crippen molar-refractivity contribution in [2.75, 3.05) is 7.11 Å². The predicted molar refractivity (Wildman–Crippen MR) is 61.0 cm³/mol. The fourth-order valence-corrected chi connectivity index (χ4v) is 2.69. The second-order valence-corrected chi connectivity index (χ2v) is 4.48. The molecule has 1 aromatic rings. The van der Waals surface area contributed by atoms with E-state index in [2.05, 4.69) is 34.7 Å². The standard InChI is InChI=1S/C10H12INO/c1-13-6-4-8-7(9(11)5-6)2-3-10(8)12/h4-5,10H,2-3,12H2,1H3. The zero-order valence-electron chi connectivity index (χ0n) is 7.51. The zero-order chi connectivity index (χ0) is 9.42. The Morgan fingerprint density at radius 3 is 3.00 bits per heavy atom. The van der Waals surface area contributed by atoms with E-state index in [-0.39, 0.29) is 6.04 Å². The Hall–Kier alpha value is -0.290. The molecule has 1 aromatic carbocycles. The number of fused-ring (bicyclic) bond motifs is 1. The van der Waals surface area contributed by atoms with Crippen molar-refractivity contribution in [3.63, 3.8) is 0 Å². The van der Waals surface area contributed by atoms with Crippen LogP contribution in [0.4, 0.5) is 0 Å². The van der Waals surface area contributed by atoms with Crippen LogP contribution in [0.3, 0.4) is 0 Å². The van der Waals surface area contributed by atoms with Crippen molar-refractivity contribution in [2.45, 2.75) is 18.9 Å². The summed E-state index contributed by atoms with van der Waals surface area (Å²) in [7, 11) is 1.69. The minimum Gasteiger partial charge on any atom is -0.497 e. The van der Waals surface area contributed by atoms with Gasteiger partial charge in [0.25, 0.3) is 0 Å². The SMILES string of the molecule is COc1cc(I)c2c(c1)C(N)CC2. The maximum atomic E-state index is 5.98. The van der Waals surface area contributed by atoms with Crippen LogP contribution in [0.2, 0.25) is 0 Å². The number of nitrogens with two attached hydrogens (primary N) is 1. The summed E-state index contributed by atoms with van der Waals surface area (Å²) in [5, 5.41) is 0. The van der Waals surface area contributed by atoms with Gasteiger partial charge in [-0.1, -0.05) is 0 Å². The molecule has 0 aromatic heterocycles. The van der Waals surface area contributed by atoms with Gasteiger partial charge >= 0.3 is 0 Å². The molecule has 2 N–H and O–H groups in total. The molecule has 1 atom stereocenters. The Labute approximate surface area is 91.6 Å². The molecule has 0 saturated heterocycles. The average molecular weight is 289 g/mol. The largest absolute Gasteiger partial charge is 0.497 e. The molecule has 0 saturated carbocycles. The Balaban J connectivity index is 2.53. The van der Waals surface area contributed by atoms with Crippen molar-refractivity contribution < 1.29 is 4.74 Å². The fraction of sp³-hybridized carbons (Fsp3) is 0.400. The molecule has 1 aliphatic rings. The molecule has 0 bridgehead atoms. The lowest BCUT2D eigenvalue weighted by Gasteiger charge is -2.08. The van der Waals surface area contributed by atoms with Crippen molar-refractivity contribution in [3.05, 3.63) is 26.8 Å². The first-order valence-corrected chi connectivity index (χ1v) is 5.42. The molecule has 0 aliphatic heterocycles. The van der Waals surface area contributed by atoms with Gasteiger partial charge in [-0.2, -0.15) is 0 Å². The van der Waals surface area contributed by atoms with E-state index in [1.165, 1.54) is 14.7 Å². The highest BCUT2D eigenvalue weighted by Gasteiger charge is 2.21. The Kier molecular flexibility index (Phi) is 2.47. The fourth-order valence-electron chi connectivity index (χ4n) is 1.80. The molecule has 2 rings (SSSR count). The summed E-state index contributed by atoms with van der Waals surface area (Å²) in [6.07, 6.45) is 2.18. The second-order valence-electron chi connectivity index (χ2n) is 3.32. The maximum Gasteiger partial charge on any atom is 0.120 e. The number of ether oxygens (including phenoxy) is 1. The summed E-state index contributed by atoms with van der Waals surface area (Å²) in [5.41, 5.74) is 8.66. The molecule has 2 nitrogen and oxygen atoms in total. The summed E-state index contributed by atoms with van der Waals surface area (Å²) >= 11 is 2.35. The molecule has 0 amide bonds. The molecule has 0 radical (unpaired) electrons. The average Bonchev–Trinajstić information content (AvgIpc) is 2.48. The van der Waals surface area contributed by atoms with Crippen LogP contribution in [0.1, 0.15) is 23.6 Å². The highest BCUT2D eigenvalue weighted by Crippen LogP contribution is 2.35. The van der Waals surface area contributed by atoms with Gasteiger partial charge in [-0.05, 0) is 58.7 Å². The first-order chi connectivity index (χ1) is 6.22. The lowest BCUT2D eigenvalue weighted by molar-refractivity contribution is 0.413. The second kappa shape index (κ2) is 3.46. The Morgan fingerprint density at radius 1 is 1.54 bits per heavy atom. The van der Waals surface area contributed by atoms with Crippen molar-refractivity contribution in [3.8, 4) is 5.75 Å². The van der Waals surface area contributed by atoms with E-state index in [1.54, 1.807) is 7.11 Å². The van der Waals surface area contributed by atoms with E-state index in [0.29, 0.717) is 0 Å². The van der Waals surface area contributed by atoms with Gasteiger partial charge in [-0.3, -0.25) is 0 Å². The number of hydrogen-bond acceptors (Lipinski definition) is 2. The number of methoxy groups -OCH3 is 1. The molecular weight excluding hydrogens is 277 g/mol. The zero-order valence-corrected chi connectivity index (χ0v) is 9.67. The summed E-state index contributed by atoms with van der Waals surface area (Å²) in [6, 6.07) is 4.34. The first-order valence-electron chi connectivity index (χ1n) is 4.34. The van der Waals surface area contributed by atoms with E-state index >= 15 is 0 Å². The lowest BCUT2D eigenvalue weighted by atomic mass is 10.1. The van der Waals surface area contributed by atoms with Crippen LogP contribution in [0.15, 0.2) is 12.1 Å². The van der Waals surface area contributed by atoms with Gasteiger partial charge in [0, 0.05) is 9.61 Å². The molecule has 0 heterocycles. The van der Waals surface area contributed by atoms with Crippen LogP contribution in [-0.2, 0) is 6.42 Å². The lowest BCUT2D eigenvalue weighted by Crippen LogP contribution is -2.05. The van der Waals surface area contributed by atoms with Crippen molar-refractivity contribution in [1.29, 1.82) is 0 Å². The van der Waals surface area contributed by atoms with E-state index in [9.17, 15) is 0 Å². The molecule has 13 heavy (non-hydrogen) atoms. The van der Waals surface area contributed by atoms with Crippen molar-refractivity contribution >= 4 is 22.6 Å². The topological polar surface area (TPSA) is 35.2 Å². The molecule has 1 aliphatic carbocycles. The van der Waals surface area contributed by atoms with Crippen LogP contribution >= 0.6 is 22.6 Å². The van der Waals surface area contributed by atoms with Crippen LogP contribution in [0.25, 0.3) is 0 Å². The monoisotopic (exact) mass is 289 g/mol. The van der Waals surface area contributed by atoms with E-state index in [1.807, 2.05) is 0 Å². The van der Waals surface area contributed by atoms with E-state index < -0.39 is 0 Å². The molecular formula is C10H12INO. The van der Waals surface area contributed by atoms with Gasteiger partial charge in [0.15, 0.2) is 0 Å². The third kappa shape index (κ3) is 1.55. The number of halogens is 1. The maximum absolute atomic E-state index is 5.98. The summed E-state index contributed by atoms with van der Waals surface area (Å²) in [6.45, 7) is 0. The van der Waals surface area contributed by atoms with Crippen LogP contribution < -0.4 is 10.5 Å². The number of rotatable bonds is 1. The van der Waals surface area contributed by atoms with Crippen LogP contribution in [-0.4, -0.2) is 7.11 Å². The smallest absolute Gasteiger partial charge is 0.120 e. The molecule has 3 heteroatoms. The summed E-state index contributed by atoms with van der Waals surface area (Å²) in [5.74, 6) is 0.917. The Bertz CT molecular complexity index is 338. The van der Waals surface area contributed by atoms with Crippen LogP contribution in [0.5, 0.6) is 5.75 Å². The van der Waals surface area contributed by atoms with Crippen LogP contribution in [0, 0.1) is 3.57 Å². The summed E-state index contributed by atoms with van der Waals surface area (Å²) < 4.78 is 6.49. The molecule has 70 valence electrons. The van der Waals surface area contributed by atoms with Crippen molar-refractivity contribution in [1.82, 2.24) is 0 Å². The van der Waals surface area contributed by atoms with Gasteiger partial charge in [0.05, 0.1) is 7.11 Å².